The molecule has 0 bridgehead atoms. The predicted molar refractivity (Wildman–Crippen MR) is 69.2 cm³/mol. The number of benzene rings is 1. The number of imide groups is 1. The van der Waals surface area contributed by atoms with Crippen LogP contribution in [0.25, 0.3) is 0 Å². The normalized spacial score (nSPS) is 15.4. The van der Waals surface area contributed by atoms with E-state index in [2.05, 4.69) is 0 Å². The number of rotatable bonds is 4. The maximum Gasteiger partial charge on any atom is 0.229 e. The molecule has 0 unspecified atom stereocenters. The van der Waals surface area contributed by atoms with Crippen molar-refractivity contribution in [1.29, 1.82) is 5.26 Å². The van der Waals surface area contributed by atoms with Gasteiger partial charge in [-0.15, -0.1) is 0 Å². The highest BCUT2D eigenvalue weighted by molar-refractivity contribution is 7.91. The summed E-state index contributed by atoms with van der Waals surface area (Å²) < 4.78 is 24.1. The van der Waals surface area contributed by atoms with Crippen LogP contribution in [0, 0.1) is 11.3 Å². The highest BCUT2D eigenvalue weighted by Gasteiger charge is 2.30. The molecule has 0 aliphatic carbocycles. The van der Waals surface area contributed by atoms with E-state index in [4.69, 9.17) is 5.26 Å². The average Bonchev–Trinajstić information content (AvgIpc) is 2.76. The molecular formula is C13H12N2O4S. The fraction of sp³-hybridized carbons (Fsp3) is 0.308. The Morgan fingerprint density at radius 2 is 1.65 bits per heavy atom. The minimum Gasteiger partial charge on any atom is -0.282 e. The molecule has 2 amide bonds. The molecule has 0 radical (unpaired) electrons. The van der Waals surface area contributed by atoms with Crippen molar-refractivity contribution in [3.8, 4) is 6.07 Å². The van der Waals surface area contributed by atoms with E-state index in [9.17, 15) is 18.0 Å². The Bertz CT molecular complexity index is 670. The zero-order valence-corrected chi connectivity index (χ0v) is 11.4. The van der Waals surface area contributed by atoms with Crippen LogP contribution in [0.1, 0.15) is 18.4 Å². The largest absolute Gasteiger partial charge is 0.282 e. The third-order valence-electron chi connectivity index (χ3n) is 3.08. The fourth-order valence-electron chi connectivity index (χ4n) is 1.94. The Morgan fingerprint density at radius 3 is 2.15 bits per heavy atom. The van der Waals surface area contributed by atoms with Gasteiger partial charge in [-0.1, -0.05) is 0 Å². The van der Waals surface area contributed by atoms with Crippen molar-refractivity contribution in [2.75, 3.05) is 12.3 Å². The molecule has 1 saturated heterocycles. The van der Waals surface area contributed by atoms with Crippen LogP contribution in [0.2, 0.25) is 0 Å². The Balaban J connectivity index is 2.09. The Hall–Kier alpha value is -2.20. The Labute approximate surface area is 116 Å². The third kappa shape index (κ3) is 2.86. The van der Waals surface area contributed by atoms with Crippen LogP contribution in [0.4, 0.5) is 0 Å². The van der Waals surface area contributed by atoms with E-state index >= 15 is 0 Å². The summed E-state index contributed by atoms with van der Waals surface area (Å²) in [6, 6.07) is 7.43. The van der Waals surface area contributed by atoms with Gasteiger partial charge in [-0.2, -0.15) is 5.26 Å². The molecule has 1 aliphatic rings. The van der Waals surface area contributed by atoms with E-state index in [1.807, 2.05) is 6.07 Å². The molecule has 1 heterocycles. The Morgan fingerprint density at radius 1 is 1.10 bits per heavy atom. The van der Waals surface area contributed by atoms with Gasteiger partial charge in [0, 0.05) is 19.4 Å². The van der Waals surface area contributed by atoms with Crippen molar-refractivity contribution < 1.29 is 18.0 Å². The van der Waals surface area contributed by atoms with Crippen molar-refractivity contribution >= 4 is 21.7 Å². The molecule has 1 aliphatic heterocycles. The van der Waals surface area contributed by atoms with E-state index in [0.717, 1.165) is 4.90 Å². The lowest BCUT2D eigenvalue weighted by Gasteiger charge is -2.13. The second-order valence-electron chi connectivity index (χ2n) is 4.39. The molecule has 6 nitrogen and oxygen atoms in total. The van der Waals surface area contributed by atoms with Gasteiger partial charge in [-0.05, 0) is 24.3 Å². The van der Waals surface area contributed by atoms with Gasteiger partial charge in [-0.3, -0.25) is 14.5 Å². The summed E-state index contributed by atoms with van der Waals surface area (Å²) in [5.74, 6) is -0.967. The van der Waals surface area contributed by atoms with Gasteiger partial charge in [0.25, 0.3) is 0 Å². The monoisotopic (exact) mass is 292 g/mol. The first-order valence-corrected chi connectivity index (χ1v) is 7.65. The van der Waals surface area contributed by atoms with Crippen molar-refractivity contribution in [3.63, 3.8) is 0 Å². The van der Waals surface area contributed by atoms with Crippen LogP contribution in [0.3, 0.4) is 0 Å². The quantitative estimate of drug-likeness (QED) is 0.752. The number of hydrogen-bond acceptors (Lipinski definition) is 5. The lowest BCUT2D eigenvalue weighted by atomic mass is 10.2. The molecule has 7 heteroatoms. The molecule has 0 spiro atoms. The standard InChI is InChI=1S/C13H12N2O4S/c14-9-10-1-3-11(4-2-10)20(18,19)8-7-15-12(16)5-6-13(15)17/h1-4H,5-8H2. The second-order valence-corrected chi connectivity index (χ2v) is 6.50. The minimum absolute atomic E-state index is 0.0793. The van der Waals surface area contributed by atoms with Crippen LogP contribution in [0.5, 0.6) is 0 Å². The van der Waals surface area contributed by atoms with Gasteiger partial charge in [-0.25, -0.2) is 8.42 Å². The summed E-state index contributed by atoms with van der Waals surface area (Å²) >= 11 is 0. The molecule has 0 N–H and O–H groups in total. The lowest BCUT2D eigenvalue weighted by Crippen LogP contribution is -2.33. The lowest BCUT2D eigenvalue weighted by molar-refractivity contribution is -0.137. The van der Waals surface area contributed by atoms with Gasteiger partial charge in [0.05, 0.1) is 22.3 Å². The molecule has 20 heavy (non-hydrogen) atoms. The summed E-state index contributed by atoms with van der Waals surface area (Å²) in [6.45, 7) is -0.125. The van der Waals surface area contributed by atoms with E-state index in [-0.39, 0.29) is 41.8 Å². The van der Waals surface area contributed by atoms with Crippen LogP contribution in [-0.4, -0.2) is 37.4 Å². The first-order valence-electron chi connectivity index (χ1n) is 6.00. The van der Waals surface area contributed by atoms with Crippen molar-refractivity contribution in [2.24, 2.45) is 0 Å². The summed E-state index contributed by atoms with van der Waals surface area (Å²) in [5.41, 5.74) is 0.369. The van der Waals surface area contributed by atoms with E-state index < -0.39 is 9.84 Å². The van der Waals surface area contributed by atoms with Gasteiger partial charge >= 0.3 is 0 Å². The average molecular weight is 292 g/mol. The fourth-order valence-corrected chi connectivity index (χ4v) is 3.15. The number of hydrogen-bond donors (Lipinski definition) is 0. The van der Waals surface area contributed by atoms with E-state index in [0.29, 0.717) is 5.56 Å². The molecule has 1 fully saturated rings. The van der Waals surface area contributed by atoms with Gasteiger partial charge < -0.3 is 0 Å². The highest BCUT2D eigenvalue weighted by atomic mass is 32.2. The topological polar surface area (TPSA) is 95.3 Å². The molecule has 2 rings (SSSR count). The van der Waals surface area contributed by atoms with Crippen LogP contribution >= 0.6 is 0 Å². The highest BCUT2D eigenvalue weighted by Crippen LogP contribution is 2.15. The van der Waals surface area contributed by atoms with Crippen molar-refractivity contribution in [3.05, 3.63) is 29.8 Å². The first-order chi connectivity index (χ1) is 9.44. The maximum absolute atomic E-state index is 12.1. The number of carbonyl (C=O) groups excluding carboxylic acids is 2. The third-order valence-corrected chi connectivity index (χ3v) is 4.79. The molecule has 1 aromatic rings. The zero-order valence-electron chi connectivity index (χ0n) is 10.6. The van der Waals surface area contributed by atoms with Gasteiger partial charge in [0.2, 0.25) is 11.8 Å². The number of nitriles is 1. The molecule has 104 valence electrons. The number of carbonyl (C=O) groups is 2. The summed E-state index contributed by atoms with van der Waals surface area (Å²) in [5, 5.41) is 8.66. The van der Waals surface area contributed by atoms with Gasteiger partial charge in [0.15, 0.2) is 9.84 Å². The number of nitrogens with zero attached hydrogens (tertiary/aromatic N) is 2. The smallest absolute Gasteiger partial charge is 0.229 e. The first kappa shape index (κ1) is 14.2. The summed E-state index contributed by atoms with van der Waals surface area (Å²) in [4.78, 5) is 23.9. The molecule has 0 aromatic heterocycles. The zero-order chi connectivity index (χ0) is 14.8. The summed E-state index contributed by atoms with van der Waals surface area (Å²) in [7, 11) is -3.58. The van der Waals surface area contributed by atoms with Crippen LogP contribution < -0.4 is 0 Å². The number of likely N-dealkylation sites (tertiary alicyclic amines) is 1. The second kappa shape index (κ2) is 5.43. The van der Waals surface area contributed by atoms with Crippen molar-refractivity contribution in [2.45, 2.75) is 17.7 Å². The molecule has 0 atom stereocenters. The van der Waals surface area contributed by atoms with Crippen molar-refractivity contribution in [1.82, 2.24) is 4.90 Å². The SMILES string of the molecule is N#Cc1ccc(S(=O)(=O)CCN2C(=O)CCC2=O)cc1. The predicted octanol–water partition coefficient (Wildman–Crippen LogP) is 0.481. The van der Waals surface area contributed by atoms with E-state index in [1.165, 1.54) is 24.3 Å². The molecular weight excluding hydrogens is 280 g/mol. The van der Waals surface area contributed by atoms with E-state index in [1.54, 1.807) is 0 Å². The molecule has 0 saturated carbocycles. The van der Waals surface area contributed by atoms with Crippen LogP contribution in [0.15, 0.2) is 29.2 Å². The number of amides is 2. The minimum atomic E-state index is -3.58. The van der Waals surface area contributed by atoms with Gasteiger partial charge in [0.1, 0.15) is 0 Å². The Kier molecular flexibility index (Phi) is 3.86. The summed E-state index contributed by atoms with van der Waals surface area (Å²) in [6.07, 6.45) is 0.297. The maximum atomic E-state index is 12.1. The number of sulfone groups is 1. The molecule has 1 aromatic carbocycles. The van der Waals surface area contributed by atoms with Crippen LogP contribution in [-0.2, 0) is 19.4 Å².